The number of carbonyl (C=O) groups is 1. The number of aryl methyl sites for hydroxylation is 1. The lowest BCUT2D eigenvalue weighted by atomic mass is 10.2. The molecule has 0 radical (unpaired) electrons. The average molecular weight is 335 g/mol. The van der Waals surface area contributed by atoms with Crippen LogP contribution in [0.3, 0.4) is 0 Å². The normalized spacial score (nSPS) is 12.7. The first-order chi connectivity index (χ1) is 10.8. The van der Waals surface area contributed by atoms with Crippen LogP contribution in [0.1, 0.15) is 18.1 Å². The van der Waals surface area contributed by atoms with Gasteiger partial charge < -0.3 is 5.32 Å². The Morgan fingerprint density at radius 2 is 1.74 bits per heavy atom. The molecule has 6 heteroatoms. The number of amides is 1. The maximum absolute atomic E-state index is 13.6. The van der Waals surface area contributed by atoms with E-state index >= 15 is 0 Å². The van der Waals surface area contributed by atoms with Crippen molar-refractivity contribution in [3.8, 4) is 0 Å². The molecule has 0 saturated heterocycles. The summed E-state index contributed by atoms with van der Waals surface area (Å²) >= 11 is 0. The topological polar surface area (TPSA) is 63.2 Å². The summed E-state index contributed by atoms with van der Waals surface area (Å²) in [7, 11) is -3.82. The second-order valence-corrected chi connectivity index (χ2v) is 7.67. The largest absolute Gasteiger partial charge is 0.325 e. The third kappa shape index (κ3) is 4.16. The van der Waals surface area contributed by atoms with Gasteiger partial charge in [0.05, 0.1) is 5.75 Å². The van der Waals surface area contributed by atoms with Crippen LogP contribution in [0.5, 0.6) is 0 Å². The van der Waals surface area contributed by atoms with Crippen molar-refractivity contribution in [2.75, 3.05) is 5.32 Å². The maximum atomic E-state index is 13.6. The summed E-state index contributed by atoms with van der Waals surface area (Å²) in [4.78, 5) is 12.2. The zero-order valence-corrected chi connectivity index (χ0v) is 13.7. The highest BCUT2D eigenvalue weighted by Gasteiger charge is 2.29. The number of nitrogens with one attached hydrogen (secondary N) is 1. The molecule has 0 aromatic heterocycles. The fourth-order valence-electron chi connectivity index (χ4n) is 2.07. The predicted molar refractivity (Wildman–Crippen MR) is 88.3 cm³/mol. The summed E-state index contributed by atoms with van der Waals surface area (Å²) in [6, 6.07) is 12.7. The SMILES string of the molecule is Cc1ccccc1NC(=O)C(C)S(=O)(=O)Cc1ccccc1F. The van der Waals surface area contributed by atoms with Gasteiger partial charge in [-0.15, -0.1) is 0 Å². The smallest absolute Gasteiger partial charge is 0.242 e. The Balaban J connectivity index is 2.15. The van der Waals surface area contributed by atoms with E-state index in [1.54, 1.807) is 18.2 Å². The Kier molecular flexibility index (Phi) is 5.15. The second kappa shape index (κ2) is 6.91. The Morgan fingerprint density at radius 1 is 1.13 bits per heavy atom. The van der Waals surface area contributed by atoms with Gasteiger partial charge in [-0.05, 0) is 31.5 Å². The van der Waals surface area contributed by atoms with Crippen LogP contribution < -0.4 is 5.32 Å². The number of para-hydroxylation sites is 1. The lowest BCUT2D eigenvalue weighted by Crippen LogP contribution is -2.33. The molecule has 122 valence electrons. The summed E-state index contributed by atoms with van der Waals surface area (Å²) in [5, 5.41) is 1.33. The molecule has 4 nitrogen and oxygen atoms in total. The summed E-state index contributed by atoms with van der Waals surface area (Å²) in [6.07, 6.45) is 0. The molecule has 1 N–H and O–H groups in total. The Bertz CT molecular complexity index is 818. The van der Waals surface area contributed by atoms with Crippen molar-refractivity contribution in [1.29, 1.82) is 0 Å². The minimum absolute atomic E-state index is 0.0584. The van der Waals surface area contributed by atoms with Crippen molar-refractivity contribution in [1.82, 2.24) is 0 Å². The first kappa shape index (κ1) is 17.1. The van der Waals surface area contributed by atoms with Crippen LogP contribution >= 0.6 is 0 Å². The molecule has 1 atom stereocenters. The summed E-state index contributed by atoms with van der Waals surface area (Å²) in [5.74, 6) is -1.74. The molecule has 0 aliphatic rings. The van der Waals surface area contributed by atoms with E-state index in [9.17, 15) is 17.6 Å². The van der Waals surface area contributed by atoms with Crippen molar-refractivity contribution < 1.29 is 17.6 Å². The van der Waals surface area contributed by atoms with Crippen LogP contribution in [0.2, 0.25) is 0 Å². The van der Waals surface area contributed by atoms with E-state index in [2.05, 4.69) is 5.32 Å². The van der Waals surface area contributed by atoms with Gasteiger partial charge in [0.2, 0.25) is 5.91 Å². The molecule has 0 heterocycles. The summed E-state index contributed by atoms with van der Waals surface area (Å²) in [5.41, 5.74) is 1.45. The van der Waals surface area contributed by atoms with Crippen molar-refractivity contribution >= 4 is 21.4 Å². The Morgan fingerprint density at radius 3 is 2.39 bits per heavy atom. The van der Waals surface area contributed by atoms with E-state index in [1.807, 2.05) is 19.1 Å². The third-order valence-corrected chi connectivity index (χ3v) is 5.63. The molecule has 0 fully saturated rings. The Hall–Kier alpha value is -2.21. The molecule has 2 aromatic carbocycles. The number of carbonyl (C=O) groups excluding carboxylic acids is 1. The van der Waals surface area contributed by atoms with E-state index < -0.39 is 32.6 Å². The maximum Gasteiger partial charge on any atom is 0.242 e. The minimum Gasteiger partial charge on any atom is -0.325 e. The number of rotatable bonds is 5. The number of hydrogen-bond donors (Lipinski definition) is 1. The lowest BCUT2D eigenvalue weighted by Gasteiger charge is -2.15. The van der Waals surface area contributed by atoms with E-state index in [0.717, 1.165) is 5.56 Å². The van der Waals surface area contributed by atoms with Gasteiger partial charge in [0.15, 0.2) is 9.84 Å². The number of sulfone groups is 1. The quantitative estimate of drug-likeness (QED) is 0.913. The summed E-state index contributed by atoms with van der Waals surface area (Å²) in [6.45, 7) is 3.12. The van der Waals surface area contributed by atoms with Crippen LogP contribution in [0, 0.1) is 12.7 Å². The molecule has 2 aromatic rings. The molecule has 0 aliphatic heterocycles. The number of benzene rings is 2. The van der Waals surface area contributed by atoms with Crippen LogP contribution in [-0.4, -0.2) is 19.6 Å². The number of anilines is 1. The van der Waals surface area contributed by atoms with E-state index in [1.165, 1.54) is 25.1 Å². The fraction of sp³-hybridized carbons (Fsp3) is 0.235. The standard InChI is InChI=1S/C17H18FNO3S/c1-12-7-3-6-10-16(12)19-17(20)13(2)23(21,22)11-14-8-4-5-9-15(14)18/h3-10,13H,11H2,1-2H3,(H,19,20). The molecular weight excluding hydrogens is 317 g/mol. The molecule has 0 saturated carbocycles. The molecule has 0 spiro atoms. The number of hydrogen-bond acceptors (Lipinski definition) is 3. The van der Waals surface area contributed by atoms with Gasteiger partial charge in [-0.2, -0.15) is 0 Å². The lowest BCUT2D eigenvalue weighted by molar-refractivity contribution is -0.115. The van der Waals surface area contributed by atoms with Gasteiger partial charge in [-0.25, -0.2) is 12.8 Å². The highest BCUT2D eigenvalue weighted by molar-refractivity contribution is 7.92. The molecular formula is C17H18FNO3S. The van der Waals surface area contributed by atoms with Crippen LogP contribution in [0.25, 0.3) is 0 Å². The Labute approximate surface area is 135 Å². The highest BCUT2D eigenvalue weighted by Crippen LogP contribution is 2.18. The minimum atomic E-state index is -3.82. The van der Waals surface area contributed by atoms with Crippen molar-refractivity contribution in [2.24, 2.45) is 0 Å². The van der Waals surface area contributed by atoms with E-state index in [4.69, 9.17) is 0 Å². The molecule has 1 amide bonds. The van der Waals surface area contributed by atoms with Crippen LogP contribution in [0.15, 0.2) is 48.5 Å². The van der Waals surface area contributed by atoms with Gasteiger partial charge >= 0.3 is 0 Å². The van der Waals surface area contributed by atoms with Gasteiger partial charge in [-0.1, -0.05) is 36.4 Å². The number of halogens is 1. The molecule has 0 bridgehead atoms. The second-order valence-electron chi connectivity index (χ2n) is 5.35. The van der Waals surface area contributed by atoms with E-state index in [-0.39, 0.29) is 5.56 Å². The fourth-order valence-corrected chi connectivity index (χ4v) is 3.37. The first-order valence-electron chi connectivity index (χ1n) is 7.13. The van der Waals surface area contributed by atoms with Crippen LogP contribution in [0.4, 0.5) is 10.1 Å². The van der Waals surface area contributed by atoms with Crippen molar-refractivity contribution in [3.63, 3.8) is 0 Å². The zero-order chi connectivity index (χ0) is 17.0. The van der Waals surface area contributed by atoms with Crippen molar-refractivity contribution in [2.45, 2.75) is 24.9 Å². The zero-order valence-electron chi connectivity index (χ0n) is 12.9. The van der Waals surface area contributed by atoms with Crippen LogP contribution in [-0.2, 0) is 20.4 Å². The van der Waals surface area contributed by atoms with E-state index in [0.29, 0.717) is 5.69 Å². The molecule has 0 aliphatic carbocycles. The predicted octanol–water partition coefficient (Wildman–Crippen LogP) is 3.08. The monoisotopic (exact) mass is 335 g/mol. The van der Waals surface area contributed by atoms with Crippen molar-refractivity contribution in [3.05, 3.63) is 65.5 Å². The molecule has 1 unspecified atom stereocenters. The van der Waals surface area contributed by atoms with Gasteiger partial charge in [0.1, 0.15) is 11.1 Å². The van der Waals surface area contributed by atoms with Gasteiger partial charge in [-0.3, -0.25) is 4.79 Å². The third-order valence-electron chi connectivity index (χ3n) is 3.63. The van der Waals surface area contributed by atoms with Gasteiger partial charge in [0.25, 0.3) is 0 Å². The average Bonchev–Trinajstić information content (AvgIpc) is 2.51. The molecule has 2 rings (SSSR count). The summed E-state index contributed by atoms with van der Waals surface area (Å²) < 4.78 is 38.3. The van der Waals surface area contributed by atoms with Gasteiger partial charge in [0, 0.05) is 11.3 Å². The first-order valence-corrected chi connectivity index (χ1v) is 8.84. The molecule has 23 heavy (non-hydrogen) atoms. The highest BCUT2D eigenvalue weighted by atomic mass is 32.2.